The molecule has 0 N–H and O–H groups in total. The standard InChI is InChI=1S/C23H26N4O2/c28-22(19-29-21-9-5-2-6-10-21)26-16-13-25(14-17-26)15-18-27-12-11-24-23(27)20-7-3-1-4-8-20/h1-12H,13-19H2. The fourth-order valence-corrected chi connectivity index (χ4v) is 3.56. The lowest BCUT2D eigenvalue weighted by Gasteiger charge is -2.34. The number of ether oxygens (including phenoxy) is 1. The van der Waals surface area contributed by atoms with E-state index in [0.717, 1.165) is 56.4 Å². The van der Waals surface area contributed by atoms with Gasteiger partial charge in [0, 0.05) is 57.2 Å². The van der Waals surface area contributed by atoms with E-state index in [4.69, 9.17) is 4.74 Å². The van der Waals surface area contributed by atoms with Gasteiger partial charge in [-0.15, -0.1) is 0 Å². The van der Waals surface area contributed by atoms with Crippen molar-refractivity contribution >= 4 is 5.91 Å². The van der Waals surface area contributed by atoms with Crippen molar-refractivity contribution in [3.8, 4) is 17.1 Å². The Morgan fingerprint density at radius 3 is 2.31 bits per heavy atom. The number of amides is 1. The van der Waals surface area contributed by atoms with Crippen molar-refractivity contribution in [3.63, 3.8) is 0 Å². The molecule has 2 heterocycles. The van der Waals surface area contributed by atoms with Crippen LogP contribution in [0.4, 0.5) is 0 Å². The van der Waals surface area contributed by atoms with Crippen molar-refractivity contribution in [3.05, 3.63) is 73.1 Å². The first-order valence-corrected chi connectivity index (χ1v) is 10.0. The molecular weight excluding hydrogens is 364 g/mol. The summed E-state index contributed by atoms with van der Waals surface area (Å²) in [6.45, 7) is 5.17. The molecule has 4 rings (SSSR count). The predicted octanol–water partition coefficient (Wildman–Crippen LogP) is 2.77. The maximum atomic E-state index is 12.4. The lowest BCUT2D eigenvalue weighted by atomic mass is 10.2. The van der Waals surface area contributed by atoms with Crippen LogP contribution in [-0.2, 0) is 11.3 Å². The summed E-state index contributed by atoms with van der Waals surface area (Å²) in [6.07, 6.45) is 3.88. The molecule has 0 saturated carbocycles. The second-order valence-electron chi connectivity index (χ2n) is 7.13. The molecule has 6 nitrogen and oxygen atoms in total. The van der Waals surface area contributed by atoms with Gasteiger partial charge in [0.25, 0.3) is 5.91 Å². The maximum Gasteiger partial charge on any atom is 0.260 e. The molecular formula is C23H26N4O2. The van der Waals surface area contributed by atoms with Crippen LogP contribution >= 0.6 is 0 Å². The van der Waals surface area contributed by atoms with Crippen LogP contribution in [0.15, 0.2) is 73.1 Å². The van der Waals surface area contributed by atoms with Gasteiger partial charge in [-0.05, 0) is 12.1 Å². The molecule has 1 amide bonds. The van der Waals surface area contributed by atoms with Gasteiger partial charge in [-0.2, -0.15) is 0 Å². The largest absolute Gasteiger partial charge is 0.484 e. The smallest absolute Gasteiger partial charge is 0.260 e. The minimum absolute atomic E-state index is 0.0504. The molecule has 1 aromatic heterocycles. The van der Waals surface area contributed by atoms with E-state index >= 15 is 0 Å². The Morgan fingerprint density at radius 2 is 1.59 bits per heavy atom. The first-order chi connectivity index (χ1) is 14.3. The Bertz CT molecular complexity index is 903. The zero-order valence-corrected chi connectivity index (χ0v) is 16.5. The molecule has 1 aliphatic rings. The molecule has 1 fully saturated rings. The number of carbonyl (C=O) groups is 1. The van der Waals surface area contributed by atoms with Gasteiger partial charge in [-0.1, -0.05) is 48.5 Å². The topological polar surface area (TPSA) is 50.6 Å². The minimum Gasteiger partial charge on any atom is -0.484 e. The quantitative estimate of drug-likeness (QED) is 0.623. The van der Waals surface area contributed by atoms with E-state index in [2.05, 4.69) is 26.6 Å². The van der Waals surface area contributed by atoms with E-state index < -0.39 is 0 Å². The molecule has 150 valence electrons. The van der Waals surface area contributed by atoms with E-state index in [9.17, 15) is 4.79 Å². The number of piperazine rings is 1. The lowest BCUT2D eigenvalue weighted by Crippen LogP contribution is -2.50. The van der Waals surface area contributed by atoms with E-state index in [1.807, 2.05) is 65.8 Å². The molecule has 0 atom stereocenters. The molecule has 0 spiro atoms. The van der Waals surface area contributed by atoms with E-state index in [0.29, 0.717) is 0 Å². The Kier molecular flexibility index (Phi) is 6.22. The van der Waals surface area contributed by atoms with Gasteiger partial charge in [-0.3, -0.25) is 9.69 Å². The van der Waals surface area contributed by atoms with Crippen LogP contribution in [0.25, 0.3) is 11.4 Å². The molecule has 6 heteroatoms. The Morgan fingerprint density at radius 1 is 0.897 bits per heavy atom. The number of nitrogens with zero attached hydrogens (tertiary/aromatic N) is 4. The summed E-state index contributed by atoms with van der Waals surface area (Å²) in [5, 5.41) is 0. The van der Waals surface area contributed by atoms with Crippen molar-refractivity contribution in [1.29, 1.82) is 0 Å². The molecule has 0 bridgehead atoms. The average Bonchev–Trinajstić information content (AvgIpc) is 3.26. The normalized spacial score (nSPS) is 14.7. The summed E-state index contributed by atoms with van der Waals surface area (Å²) in [5.74, 6) is 1.78. The third kappa shape index (κ3) is 5.03. The van der Waals surface area contributed by atoms with Crippen molar-refractivity contribution in [1.82, 2.24) is 19.4 Å². The van der Waals surface area contributed by atoms with Crippen molar-refractivity contribution < 1.29 is 9.53 Å². The Labute approximate surface area is 171 Å². The van der Waals surface area contributed by atoms with Gasteiger partial charge in [0.05, 0.1) is 0 Å². The molecule has 0 aliphatic carbocycles. The molecule has 1 aliphatic heterocycles. The van der Waals surface area contributed by atoms with E-state index in [-0.39, 0.29) is 12.5 Å². The fourth-order valence-electron chi connectivity index (χ4n) is 3.56. The van der Waals surface area contributed by atoms with Gasteiger partial charge in [0.2, 0.25) is 0 Å². The number of para-hydroxylation sites is 1. The second kappa shape index (κ2) is 9.39. The number of hydrogen-bond acceptors (Lipinski definition) is 4. The van der Waals surface area contributed by atoms with Crippen LogP contribution in [0.5, 0.6) is 5.75 Å². The first kappa shape index (κ1) is 19.2. The van der Waals surface area contributed by atoms with E-state index in [1.54, 1.807) is 0 Å². The monoisotopic (exact) mass is 390 g/mol. The molecule has 3 aromatic rings. The summed E-state index contributed by atoms with van der Waals surface area (Å²) in [5.41, 5.74) is 1.13. The predicted molar refractivity (Wildman–Crippen MR) is 113 cm³/mol. The SMILES string of the molecule is O=C(COc1ccccc1)N1CCN(CCn2ccnc2-c2ccccc2)CC1. The van der Waals surface area contributed by atoms with Crippen molar-refractivity contribution in [2.75, 3.05) is 39.3 Å². The number of benzene rings is 2. The minimum atomic E-state index is 0.0504. The summed E-state index contributed by atoms with van der Waals surface area (Å²) in [6, 6.07) is 19.7. The van der Waals surface area contributed by atoms with Crippen LogP contribution in [0, 0.1) is 0 Å². The molecule has 0 radical (unpaired) electrons. The van der Waals surface area contributed by atoms with Crippen LogP contribution in [0.3, 0.4) is 0 Å². The molecule has 0 unspecified atom stereocenters. The highest BCUT2D eigenvalue weighted by Gasteiger charge is 2.21. The number of aromatic nitrogens is 2. The third-order valence-corrected chi connectivity index (χ3v) is 5.24. The van der Waals surface area contributed by atoms with Gasteiger partial charge in [0.15, 0.2) is 6.61 Å². The van der Waals surface area contributed by atoms with Crippen LogP contribution in [0.1, 0.15) is 0 Å². The van der Waals surface area contributed by atoms with Crippen molar-refractivity contribution in [2.45, 2.75) is 6.54 Å². The van der Waals surface area contributed by atoms with Gasteiger partial charge in [-0.25, -0.2) is 4.98 Å². The van der Waals surface area contributed by atoms with Gasteiger partial charge in [0.1, 0.15) is 11.6 Å². The fraction of sp³-hybridized carbons (Fsp3) is 0.304. The maximum absolute atomic E-state index is 12.4. The zero-order chi connectivity index (χ0) is 19.9. The highest BCUT2D eigenvalue weighted by molar-refractivity contribution is 5.77. The zero-order valence-electron chi connectivity index (χ0n) is 16.5. The van der Waals surface area contributed by atoms with Crippen LogP contribution < -0.4 is 4.74 Å². The first-order valence-electron chi connectivity index (χ1n) is 10.0. The Balaban J connectivity index is 1.23. The van der Waals surface area contributed by atoms with Gasteiger partial charge < -0.3 is 14.2 Å². The number of imidazole rings is 1. The summed E-state index contributed by atoms with van der Waals surface area (Å²) >= 11 is 0. The van der Waals surface area contributed by atoms with Crippen molar-refractivity contribution in [2.24, 2.45) is 0 Å². The summed E-state index contributed by atoms with van der Waals surface area (Å²) in [7, 11) is 0. The van der Waals surface area contributed by atoms with Gasteiger partial charge >= 0.3 is 0 Å². The van der Waals surface area contributed by atoms with E-state index in [1.165, 1.54) is 0 Å². The molecule has 1 saturated heterocycles. The highest BCUT2D eigenvalue weighted by Crippen LogP contribution is 2.17. The molecule has 29 heavy (non-hydrogen) atoms. The third-order valence-electron chi connectivity index (χ3n) is 5.24. The highest BCUT2D eigenvalue weighted by atomic mass is 16.5. The second-order valence-corrected chi connectivity index (χ2v) is 7.13. The molecule has 2 aromatic carbocycles. The average molecular weight is 390 g/mol. The van der Waals surface area contributed by atoms with Crippen LogP contribution in [0.2, 0.25) is 0 Å². The number of hydrogen-bond donors (Lipinski definition) is 0. The lowest BCUT2D eigenvalue weighted by molar-refractivity contribution is -0.135. The Hall–Kier alpha value is -3.12. The number of carbonyl (C=O) groups excluding carboxylic acids is 1. The summed E-state index contributed by atoms with van der Waals surface area (Å²) in [4.78, 5) is 21.2. The summed E-state index contributed by atoms with van der Waals surface area (Å²) < 4.78 is 7.78. The number of rotatable bonds is 7. The van der Waals surface area contributed by atoms with Crippen LogP contribution in [-0.4, -0.2) is 64.6 Å².